The lowest BCUT2D eigenvalue weighted by Gasteiger charge is -2.17. The van der Waals surface area contributed by atoms with E-state index in [1.165, 1.54) is 6.07 Å². The first kappa shape index (κ1) is 10.3. The number of H-pyrrole nitrogens is 1. The summed E-state index contributed by atoms with van der Waals surface area (Å²) in [5.74, 6) is 0. The van der Waals surface area contributed by atoms with E-state index < -0.39 is 11.0 Å². The number of rotatable bonds is 1. The molecule has 3 rings (SSSR count). The van der Waals surface area contributed by atoms with E-state index in [2.05, 4.69) is 4.98 Å². The lowest BCUT2D eigenvalue weighted by Crippen LogP contribution is -2.07. The van der Waals surface area contributed by atoms with E-state index in [-0.39, 0.29) is 5.69 Å². The molecule has 2 N–H and O–H groups in total. The highest BCUT2D eigenvalue weighted by Gasteiger charge is 2.23. The topological polar surface area (TPSA) is 79.2 Å². The number of fused-ring (bicyclic) bond motifs is 3. The van der Waals surface area contributed by atoms with Gasteiger partial charge in [0.25, 0.3) is 5.69 Å². The number of aromatic nitrogens is 1. The maximum absolute atomic E-state index is 10.7. The zero-order valence-electron chi connectivity index (χ0n) is 9.14. The maximum Gasteiger partial charge on any atom is 0.270 e. The van der Waals surface area contributed by atoms with Crippen LogP contribution in [0.1, 0.15) is 30.2 Å². The molecule has 1 aromatic heterocycles. The molecular weight excluding hydrogens is 220 g/mol. The fraction of sp³-hybridized carbons (Fsp3) is 0.333. The summed E-state index contributed by atoms with van der Waals surface area (Å²) in [6.07, 6.45) is 2.07. The molecule has 0 fully saturated rings. The number of hydrogen-bond donors (Lipinski definition) is 2. The Labute approximate surface area is 97.2 Å². The van der Waals surface area contributed by atoms with E-state index >= 15 is 0 Å². The first-order valence-electron chi connectivity index (χ1n) is 5.64. The number of benzene rings is 1. The third kappa shape index (κ3) is 1.51. The van der Waals surface area contributed by atoms with Gasteiger partial charge in [-0.15, -0.1) is 0 Å². The number of hydrogen-bond acceptors (Lipinski definition) is 3. The molecule has 1 aromatic carbocycles. The van der Waals surface area contributed by atoms with Crippen LogP contribution in [0.4, 0.5) is 5.69 Å². The fourth-order valence-electron chi connectivity index (χ4n) is 2.54. The van der Waals surface area contributed by atoms with Crippen molar-refractivity contribution in [1.82, 2.24) is 4.98 Å². The second kappa shape index (κ2) is 3.56. The highest BCUT2D eigenvalue weighted by molar-refractivity contribution is 5.87. The van der Waals surface area contributed by atoms with Gasteiger partial charge in [0.15, 0.2) is 0 Å². The van der Waals surface area contributed by atoms with Crippen LogP contribution < -0.4 is 0 Å². The summed E-state index contributed by atoms with van der Waals surface area (Å²) >= 11 is 0. The molecule has 0 saturated carbocycles. The van der Waals surface area contributed by atoms with Crippen LogP contribution in [0.3, 0.4) is 0 Å². The van der Waals surface area contributed by atoms with Crippen molar-refractivity contribution in [1.29, 1.82) is 0 Å². The number of aromatic amines is 1. The summed E-state index contributed by atoms with van der Waals surface area (Å²) in [5.41, 5.74) is 2.81. The predicted octanol–water partition coefficient (Wildman–Crippen LogP) is 2.45. The number of nitrogens with one attached hydrogen (secondary N) is 1. The first-order chi connectivity index (χ1) is 8.16. The Bertz CT molecular complexity index is 603. The second-order valence-electron chi connectivity index (χ2n) is 4.41. The SMILES string of the molecule is O=[N+]([O-])c1ccc2[nH]c3c(c2c1)CCC[C@H]3O. The van der Waals surface area contributed by atoms with E-state index in [0.29, 0.717) is 0 Å². The largest absolute Gasteiger partial charge is 0.387 e. The number of aliphatic hydroxyl groups excluding tert-OH is 1. The van der Waals surface area contributed by atoms with Gasteiger partial charge >= 0.3 is 0 Å². The Kier molecular flexibility index (Phi) is 2.16. The lowest BCUT2D eigenvalue weighted by molar-refractivity contribution is -0.384. The third-order valence-corrected chi connectivity index (χ3v) is 3.37. The zero-order valence-corrected chi connectivity index (χ0v) is 9.14. The van der Waals surface area contributed by atoms with Crippen molar-refractivity contribution < 1.29 is 10.0 Å². The molecule has 1 atom stereocenters. The molecule has 0 amide bonds. The van der Waals surface area contributed by atoms with Crippen molar-refractivity contribution in [2.75, 3.05) is 0 Å². The van der Waals surface area contributed by atoms with Gasteiger partial charge in [0.05, 0.1) is 11.0 Å². The Hall–Kier alpha value is -1.88. The van der Waals surface area contributed by atoms with Gasteiger partial charge in [-0.25, -0.2) is 0 Å². The van der Waals surface area contributed by atoms with Crippen LogP contribution in [-0.2, 0) is 6.42 Å². The first-order valence-corrected chi connectivity index (χ1v) is 5.64. The van der Waals surface area contributed by atoms with E-state index in [4.69, 9.17) is 0 Å². The predicted molar refractivity (Wildman–Crippen MR) is 62.9 cm³/mol. The highest BCUT2D eigenvalue weighted by atomic mass is 16.6. The molecule has 0 bridgehead atoms. The van der Waals surface area contributed by atoms with Crippen molar-refractivity contribution in [2.24, 2.45) is 0 Å². The lowest BCUT2D eigenvalue weighted by atomic mass is 9.93. The van der Waals surface area contributed by atoms with E-state index in [1.807, 2.05) is 0 Å². The molecule has 0 spiro atoms. The average Bonchev–Trinajstić information content (AvgIpc) is 2.68. The molecule has 0 saturated heterocycles. The van der Waals surface area contributed by atoms with Crippen molar-refractivity contribution in [2.45, 2.75) is 25.4 Å². The monoisotopic (exact) mass is 232 g/mol. The smallest absolute Gasteiger partial charge is 0.270 e. The number of non-ortho nitro benzene ring substituents is 1. The van der Waals surface area contributed by atoms with Crippen LogP contribution in [0.5, 0.6) is 0 Å². The van der Waals surface area contributed by atoms with Crippen molar-refractivity contribution >= 4 is 16.6 Å². The molecule has 5 heteroatoms. The fourth-order valence-corrected chi connectivity index (χ4v) is 2.54. The van der Waals surface area contributed by atoms with Gasteiger partial charge in [-0.1, -0.05) is 0 Å². The van der Waals surface area contributed by atoms with E-state index in [9.17, 15) is 15.2 Å². The van der Waals surface area contributed by atoms with Gasteiger partial charge in [-0.3, -0.25) is 10.1 Å². The number of aryl methyl sites for hydroxylation is 1. The quantitative estimate of drug-likeness (QED) is 0.585. The van der Waals surface area contributed by atoms with E-state index in [0.717, 1.165) is 41.4 Å². The van der Waals surface area contributed by atoms with Crippen LogP contribution in [0.25, 0.3) is 10.9 Å². The molecule has 0 radical (unpaired) electrons. The molecular formula is C12H12N2O3. The summed E-state index contributed by atoms with van der Waals surface area (Å²) in [4.78, 5) is 13.5. The maximum atomic E-state index is 10.7. The molecule has 2 aromatic rings. The molecule has 1 aliphatic carbocycles. The molecule has 17 heavy (non-hydrogen) atoms. The average molecular weight is 232 g/mol. The Balaban J connectivity index is 2.25. The summed E-state index contributed by atoms with van der Waals surface area (Å²) in [6, 6.07) is 4.78. The van der Waals surface area contributed by atoms with Gasteiger partial charge < -0.3 is 10.1 Å². The van der Waals surface area contributed by atoms with Crippen LogP contribution in [0.2, 0.25) is 0 Å². The van der Waals surface area contributed by atoms with Gasteiger partial charge in [-0.05, 0) is 30.9 Å². The number of aliphatic hydroxyl groups is 1. The van der Waals surface area contributed by atoms with Crippen LogP contribution in [-0.4, -0.2) is 15.0 Å². The third-order valence-electron chi connectivity index (χ3n) is 3.37. The summed E-state index contributed by atoms with van der Waals surface area (Å²) in [7, 11) is 0. The van der Waals surface area contributed by atoms with E-state index in [1.54, 1.807) is 12.1 Å². The van der Waals surface area contributed by atoms with Crippen molar-refractivity contribution in [3.05, 3.63) is 39.6 Å². The van der Waals surface area contributed by atoms with Gasteiger partial charge in [0.1, 0.15) is 0 Å². The standard InChI is InChI=1S/C12H12N2O3/c15-11-3-1-2-8-9-6-7(14(16)17)4-5-10(9)13-12(8)11/h4-6,11,13,15H,1-3H2/t11-/m1/s1. The minimum absolute atomic E-state index is 0.0966. The summed E-state index contributed by atoms with van der Waals surface area (Å²) in [5, 5.41) is 21.5. The van der Waals surface area contributed by atoms with Crippen molar-refractivity contribution in [3.63, 3.8) is 0 Å². The Morgan fingerprint density at radius 3 is 3.06 bits per heavy atom. The van der Waals surface area contributed by atoms with Gasteiger partial charge in [0, 0.05) is 28.7 Å². The summed E-state index contributed by atoms with van der Waals surface area (Å²) in [6.45, 7) is 0. The van der Waals surface area contributed by atoms with Gasteiger partial charge in [-0.2, -0.15) is 0 Å². The number of nitrogens with zero attached hydrogens (tertiary/aromatic N) is 1. The molecule has 88 valence electrons. The minimum atomic E-state index is -0.467. The Morgan fingerprint density at radius 2 is 2.29 bits per heavy atom. The minimum Gasteiger partial charge on any atom is -0.387 e. The van der Waals surface area contributed by atoms with Gasteiger partial charge in [0.2, 0.25) is 0 Å². The van der Waals surface area contributed by atoms with Crippen LogP contribution in [0.15, 0.2) is 18.2 Å². The zero-order chi connectivity index (χ0) is 12.0. The number of nitro groups is 1. The highest BCUT2D eigenvalue weighted by Crippen LogP contribution is 2.35. The number of nitro benzene ring substituents is 1. The molecule has 1 heterocycles. The molecule has 1 aliphatic rings. The second-order valence-corrected chi connectivity index (χ2v) is 4.41. The van der Waals surface area contributed by atoms with Crippen LogP contribution >= 0.6 is 0 Å². The van der Waals surface area contributed by atoms with Crippen LogP contribution in [0, 0.1) is 10.1 Å². The molecule has 0 unspecified atom stereocenters. The summed E-state index contributed by atoms with van der Waals surface area (Å²) < 4.78 is 0. The molecule has 5 nitrogen and oxygen atoms in total. The normalized spacial score (nSPS) is 19.2. The molecule has 0 aliphatic heterocycles. The Morgan fingerprint density at radius 1 is 1.47 bits per heavy atom. The van der Waals surface area contributed by atoms with Crippen molar-refractivity contribution in [3.8, 4) is 0 Å².